The molecule has 0 aliphatic heterocycles. The maximum absolute atomic E-state index is 12.7. The minimum Gasteiger partial charge on any atom is -0.449 e. The molecule has 0 aromatic heterocycles. The highest BCUT2D eigenvalue weighted by atomic mass is 16.7. The summed E-state index contributed by atoms with van der Waals surface area (Å²) in [6.07, 6.45) is -1.63. The first-order valence-electron chi connectivity index (χ1n) is 9.43. The zero-order chi connectivity index (χ0) is 20.9. The van der Waals surface area contributed by atoms with E-state index in [0.717, 1.165) is 27.8 Å². The molecule has 0 heterocycles. The van der Waals surface area contributed by atoms with Gasteiger partial charge in [-0.2, -0.15) is 0 Å². The van der Waals surface area contributed by atoms with Crippen molar-refractivity contribution in [1.82, 2.24) is 0 Å². The van der Waals surface area contributed by atoms with Gasteiger partial charge in [0.1, 0.15) is 0 Å². The summed E-state index contributed by atoms with van der Waals surface area (Å²) in [5, 5.41) is 8.98. The van der Waals surface area contributed by atoms with Crippen LogP contribution in [0.15, 0.2) is 103 Å². The maximum Gasteiger partial charge on any atom is 0.513 e. The molecule has 0 atom stereocenters. The molecule has 0 saturated heterocycles. The molecule has 1 N–H and O–H groups in total. The van der Waals surface area contributed by atoms with Crippen LogP contribution in [-0.2, 0) is 4.74 Å². The van der Waals surface area contributed by atoms with Crippen LogP contribution in [0, 0.1) is 0 Å². The lowest BCUT2D eigenvalue weighted by molar-refractivity contribution is 0.0510. The normalized spacial score (nSPS) is 10.4. The second-order valence-corrected chi connectivity index (χ2v) is 6.66. The molecule has 0 amide bonds. The average molecular weight is 394 g/mol. The van der Waals surface area contributed by atoms with Gasteiger partial charge in [-0.1, -0.05) is 97.1 Å². The highest BCUT2D eigenvalue weighted by molar-refractivity contribution is 6.07. The molecular weight excluding hydrogens is 376 g/mol. The van der Waals surface area contributed by atoms with Crippen LogP contribution in [-0.4, -0.2) is 17.2 Å². The topological polar surface area (TPSA) is 63.6 Å². The Labute approximate surface area is 174 Å². The number of rotatable bonds is 4. The summed E-state index contributed by atoms with van der Waals surface area (Å²) in [5.41, 5.74) is 5.32. The number of esters is 1. The molecule has 0 aliphatic rings. The van der Waals surface area contributed by atoms with Crippen LogP contribution in [0.4, 0.5) is 4.79 Å². The molecule has 4 nitrogen and oxygen atoms in total. The first-order valence-corrected chi connectivity index (χ1v) is 9.43. The summed E-state index contributed by atoms with van der Waals surface area (Å²) in [4.78, 5) is 23.7. The van der Waals surface area contributed by atoms with Crippen LogP contribution in [0.25, 0.3) is 33.4 Å². The predicted molar refractivity (Wildman–Crippen MR) is 116 cm³/mol. The smallest absolute Gasteiger partial charge is 0.449 e. The molecule has 146 valence electrons. The van der Waals surface area contributed by atoms with E-state index >= 15 is 0 Å². The van der Waals surface area contributed by atoms with Crippen molar-refractivity contribution in [1.29, 1.82) is 0 Å². The number of hydrogen-bond acceptors (Lipinski definition) is 3. The average Bonchev–Trinajstić information content (AvgIpc) is 2.79. The van der Waals surface area contributed by atoms with Crippen molar-refractivity contribution < 1.29 is 19.4 Å². The van der Waals surface area contributed by atoms with Crippen LogP contribution >= 0.6 is 0 Å². The van der Waals surface area contributed by atoms with E-state index < -0.39 is 12.1 Å². The number of hydrogen-bond donors (Lipinski definition) is 1. The zero-order valence-electron chi connectivity index (χ0n) is 16.0. The molecular formula is C26H18O4. The summed E-state index contributed by atoms with van der Waals surface area (Å²) in [6.45, 7) is 0. The molecule has 0 bridgehead atoms. The number of ether oxygens (including phenoxy) is 1. The number of carboxylic acid groups (broad SMARTS) is 1. The summed E-state index contributed by atoms with van der Waals surface area (Å²) < 4.78 is 4.51. The number of carbonyl (C=O) groups is 2. The maximum atomic E-state index is 12.7. The van der Waals surface area contributed by atoms with Crippen molar-refractivity contribution >= 4 is 12.1 Å². The highest BCUT2D eigenvalue weighted by Crippen LogP contribution is 2.42. The first-order chi connectivity index (χ1) is 14.6. The fourth-order valence-corrected chi connectivity index (χ4v) is 3.57. The lowest BCUT2D eigenvalue weighted by Crippen LogP contribution is -2.12. The van der Waals surface area contributed by atoms with Gasteiger partial charge in [0.05, 0.1) is 5.56 Å². The quantitative estimate of drug-likeness (QED) is 0.316. The fraction of sp³-hybridized carbons (Fsp3) is 0. The Kier molecular flexibility index (Phi) is 5.39. The third-order valence-electron chi connectivity index (χ3n) is 4.81. The molecule has 4 heteroatoms. The van der Waals surface area contributed by atoms with Gasteiger partial charge in [0.15, 0.2) is 0 Å². The van der Waals surface area contributed by atoms with Crippen LogP contribution in [0.1, 0.15) is 10.4 Å². The zero-order valence-corrected chi connectivity index (χ0v) is 16.0. The van der Waals surface area contributed by atoms with E-state index in [0.29, 0.717) is 5.56 Å². The van der Waals surface area contributed by atoms with Gasteiger partial charge in [0.25, 0.3) is 0 Å². The molecule has 0 radical (unpaired) electrons. The minimum absolute atomic E-state index is 0.196. The summed E-state index contributed by atoms with van der Waals surface area (Å²) in [7, 11) is 0. The van der Waals surface area contributed by atoms with Crippen molar-refractivity contribution in [3.8, 4) is 33.4 Å². The number of benzene rings is 4. The van der Waals surface area contributed by atoms with E-state index in [2.05, 4.69) is 4.74 Å². The predicted octanol–water partition coefficient (Wildman–Crippen LogP) is 6.52. The van der Waals surface area contributed by atoms with E-state index in [1.165, 1.54) is 0 Å². The molecule has 30 heavy (non-hydrogen) atoms. The van der Waals surface area contributed by atoms with Gasteiger partial charge in [-0.05, 0) is 33.9 Å². The van der Waals surface area contributed by atoms with Crippen molar-refractivity contribution in [2.45, 2.75) is 0 Å². The van der Waals surface area contributed by atoms with Crippen molar-refractivity contribution in [3.05, 3.63) is 109 Å². The van der Waals surface area contributed by atoms with Gasteiger partial charge in [0, 0.05) is 5.56 Å². The Bertz CT molecular complexity index is 1180. The Morgan fingerprint density at radius 1 is 0.567 bits per heavy atom. The van der Waals surface area contributed by atoms with E-state index in [1.807, 2.05) is 97.1 Å². The fourth-order valence-electron chi connectivity index (χ4n) is 3.57. The van der Waals surface area contributed by atoms with Crippen LogP contribution in [0.5, 0.6) is 0 Å². The lowest BCUT2D eigenvalue weighted by atomic mass is 9.84. The van der Waals surface area contributed by atoms with E-state index in [-0.39, 0.29) is 5.56 Å². The SMILES string of the molecule is O=C(O)OC(=O)c1ccc(-c2ccccc2)c(-c2ccccc2)c1-c1ccccc1. The van der Waals surface area contributed by atoms with Gasteiger partial charge in [-0.25, -0.2) is 9.59 Å². The second-order valence-electron chi connectivity index (χ2n) is 6.66. The standard InChI is InChI=1S/C26H18O4/c27-25(30-26(28)29)22-17-16-21(18-10-4-1-5-11-18)23(19-12-6-2-7-13-19)24(22)20-14-8-3-9-15-20/h1-17H,(H,28,29). The number of carbonyl (C=O) groups excluding carboxylic acids is 1. The molecule has 0 spiro atoms. The summed E-state index contributed by atoms with van der Waals surface area (Å²) in [5.74, 6) is -0.904. The van der Waals surface area contributed by atoms with Gasteiger partial charge in [-0.3, -0.25) is 0 Å². The van der Waals surface area contributed by atoms with E-state index in [4.69, 9.17) is 5.11 Å². The monoisotopic (exact) mass is 394 g/mol. The molecule has 0 unspecified atom stereocenters. The minimum atomic E-state index is -1.63. The summed E-state index contributed by atoms with van der Waals surface area (Å²) >= 11 is 0. The third-order valence-corrected chi connectivity index (χ3v) is 4.81. The Morgan fingerprint density at radius 2 is 1.03 bits per heavy atom. The Hall–Kier alpha value is -4.18. The molecule has 0 fully saturated rings. The summed E-state index contributed by atoms with van der Waals surface area (Å²) in [6, 6.07) is 32.5. The molecule has 0 aliphatic carbocycles. The first kappa shape index (κ1) is 19.2. The molecule has 0 saturated carbocycles. The largest absolute Gasteiger partial charge is 0.513 e. The Balaban J connectivity index is 2.08. The lowest BCUT2D eigenvalue weighted by Gasteiger charge is -2.19. The van der Waals surface area contributed by atoms with Crippen LogP contribution in [0.3, 0.4) is 0 Å². The van der Waals surface area contributed by atoms with Crippen molar-refractivity contribution in [2.75, 3.05) is 0 Å². The van der Waals surface area contributed by atoms with Crippen LogP contribution < -0.4 is 0 Å². The highest BCUT2D eigenvalue weighted by Gasteiger charge is 2.23. The van der Waals surface area contributed by atoms with Gasteiger partial charge >= 0.3 is 12.1 Å². The Morgan fingerprint density at radius 3 is 1.53 bits per heavy atom. The van der Waals surface area contributed by atoms with E-state index in [9.17, 15) is 9.59 Å². The van der Waals surface area contributed by atoms with Gasteiger partial charge in [-0.15, -0.1) is 0 Å². The molecule has 4 aromatic carbocycles. The van der Waals surface area contributed by atoms with Gasteiger partial charge < -0.3 is 9.84 Å². The van der Waals surface area contributed by atoms with Crippen LogP contribution in [0.2, 0.25) is 0 Å². The van der Waals surface area contributed by atoms with Gasteiger partial charge in [0.2, 0.25) is 0 Å². The molecule has 4 aromatic rings. The third kappa shape index (κ3) is 3.84. The van der Waals surface area contributed by atoms with Crippen molar-refractivity contribution in [3.63, 3.8) is 0 Å². The molecule has 4 rings (SSSR count). The second kappa shape index (κ2) is 8.45. The van der Waals surface area contributed by atoms with Crippen molar-refractivity contribution in [2.24, 2.45) is 0 Å². The van der Waals surface area contributed by atoms with E-state index in [1.54, 1.807) is 6.07 Å².